The molecule has 1 aliphatic rings. The molecule has 1 heterocycles. The first-order valence-corrected chi connectivity index (χ1v) is 7.76. The van der Waals surface area contributed by atoms with Crippen LogP contribution in [0, 0.1) is 11.3 Å². The number of morpholine rings is 1. The summed E-state index contributed by atoms with van der Waals surface area (Å²) in [7, 11) is -2.42. The van der Waals surface area contributed by atoms with Gasteiger partial charge in [-0.3, -0.25) is 4.79 Å². The molecule has 1 saturated heterocycles. The highest BCUT2D eigenvalue weighted by molar-refractivity contribution is 7.89. The van der Waals surface area contributed by atoms with Gasteiger partial charge in [0.2, 0.25) is 15.9 Å². The van der Waals surface area contributed by atoms with Crippen LogP contribution in [-0.2, 0) is 19.6 Å². The molecule has 0 radical (unpaired) electrons. The molecule has 1 aromatic carbocycles. The third-order valence-corrected chi connectivity index (χ3v) is 5.10. The number of carbonyl (C=O) groups excluding carboxylic acids is 1. The van der Waals surface area contributed by atoms with Crippen LogP contribution in [0.1, 0.15) is 5.56 Å². The molecule has 0 aromatic heterocycles. The zero-order valence-electron chi connectivity index (χ0n) is 11.4. The van der Waals surface area contributed by atoms with Crippen LogP contribution in [0.2, 0.25) is 0 Å². The van der Waals surface area contributed by atoms with E-state index in [4.69, 9.17) is 10.00 Å². The monoisotopic (exact) mass is 309 g/mol. The Bertz CT molecular complexity index is 681. The maximum atomic E-state index is 12.7. The fraction of sp³-hybridized carbons (Fsp3) is 0.385. The first-order chi connectivity index (χ1) is 10.0. The predicted octanol–water partition coefficient (Wildman–Crippen LogP) is -0.306. The van der Waals surface area contributed by atoms with Crippen LogP contribution in [0.25, 0.3) is 0 Å². The van der Waals surface area contributed by atoms with Gasteiger partial charge in [-0.25, -0.2) is 8.42 Å². The lowest BCUT2D eigenvalue weighted by Gasteiger charge is -2.33. The predicted molar refractivity (Wildman–Crippen MR) is 73.7 cm³/mol. The van der Waals surface area contributed by atoms with Gasteiger partial charge in [-0.15, -0.1) is 0 Å². The molecular weight excluding hydrogens is 294 g/mol. The first-order valence-electron chi connectivity index (χ1n) is 6.32. The van der Waals surface area contributed by atoms with Crippen LogP contribution in [-0.4, -0.2) is 51.5 Å². The quantitative estimate of drug-likeness (QED) is 0.826. The standard InChI is InChI=1S/C13H15N3O4S/c1-15-13(17)12-9-20-6-5-16(12)21(18,19)11-4-2-3-10(7-11)8-14/h2-4,7,12H,5-6,9H2,1H3,(H,15,17). The fourth-order valence-corrected chi connectivity index (χ4v) is 3.71. The molecule has 8 heteroatoms. The summed E-state index contributed by atoms with van der Waals surface area (Å²) in [4.78, 5) is 11.8. The van der Waals surface area contributed by atoms with Gasteiger partial charge in [0, 0.05) is 13.6 Å². The van der Waals surface area contributed by atoms with Crippen molar-refractivity contribution in [2.75, 3.05) is 26.8 Å². The van der Waals surface area contributed by atoms with Gasteiger partial charge in [0.15, 0.2) is 0 Å². The van der Waals surface area contributed by atoms with E-state index in [9.17, 15) is 13.2 Å². The van der Waals surface area contributed by atoms with Crippen LogP contribution in [0.4, 0.5) is 0 Å². The van der Waals surface area contributed by atoms with Crippen LogP contribution in [0.5, 0.6) is 0 Å². The van der Waals surface area contributed by atoms with Crippen LogP contribution < -0.4 is 5.32 Å². The molecule has 0 bridgehead atoms. The summed E-state index contributed by atoms with van der Waals surface area (Å²) < 4.78 is 31.6. The molecule has 1 N–H and O–H groups in total. The van der Waals surface area contributed by atoms with Crippen molar-refractivity contribution in [1.29, 1.82) is 5.26 Å². The van der Waals surface area contributed by atoms with Crippen LogP contribution >= 0.6 is 0 Å². The van der Waals surface area contributed by atoms with E-state index in [0.717, 1.165) is 4.31 Å². The third-order valence-electron chi connectivity index (χ3n) is 3.20. The van der Waals surface area contributed by atoms with Gasteiger partial charge in [0.25, 0.3) is 0 Å². The number of carbonyl (C=O) groups is 1. The molecule has 1 unspecified atom stereocenters. The molecule has 1 amide bonds. The van der Waals surface area contributed by atoms with Gasteiger partial charge in [-0.05, 0) is 18.2 Å². The van der Waals surface area contributed by atoms with E-state index in [-0.39, 0.29) is 30.2 Å². The Balaban J connectivity index is 2.40. The van der Waals surface area contributed by atoms with Crippen LogP contribution in [0.3, 0.4) is 0 Å². The van der Waals surface area contributed by atoms with Crippen molar-refractivity contribution in [1.82, 2.24) is 9.62 Å². The lowest BCUT2D eigenvalue weighted by atomic mass is 10.2. The topological polar surface area (TPSA) is 99.5 Å². The van der Waals surface area contributed by atoms with Crippen LogP contribution in [0.15, 0.2) is 29.2 Å². The number of sulfonamides is 1. The van der Waals surface area contributed by atoms with Gasteiger partial charge in [-0.1, -0.05) is 6.07 Å². The number of nitrogens with one attached hydrogen (secondary N) is 1. The lowest BCUT2D eigenvalue weighted by Crippen LogP contribution is -2.55. The number of hydrogen-bond acceptors (Lipinski definition) is 5. The van der Waals surface area contributed by atoms with E-state index >= 15 is 0 Å². The summed E-state index contributed by atoms with van der Waals surface area (Å²) in [6.45, 7) is 0.332. The van der Waals surface area contributed by atoms with E-state index in [0.29, 0.717) is 0 Å². The van der Waals surface area contributed by atoms with Crippen molar-refractivity contribution in [3.05, 3.63) is 29.8 Å². The SMILES string of the molecule is CNC(=O)C1COCCN1S(=O)(=O)c1cccc(C#N)c1. The fourth-order valence-electron chi connectivity index (χ4n) is 2.11. The van der Waals surface area contributed by atoms with Gasteiger partial charge < -0.3 is 10.1 Å². The van der Waals surface area contributed by atoms with Gasteiger partial charge >= 0.3 is 0 Å². The average molecular weight is 309 g/mol. The second-order valence-corrected chi connectivity index (χ2v) is 6.35. The highest BCUT2D eigenvalue weighted by Crippen LogP contribution is 2.21. The van der Waals surface area contributed by atoms with E-state index < -0.39 is 22.0 Å². The molecule has 1 aliphatic heterocycles. The highest BCUT2D eigenvalue weighted by atomic mass is 32.2. The summed E-state index contributed by atoms with van der Waals surface area (Å²) in [6, 6.07) is 6.73. The van der Waals surface area contributed by atoms with Crippen molar-refractivity contribution in [3.63, 3.8) is 0 Å². The molecule has 7 nitrogen and oxygen atoms in total. The lowest BCUT2D eigenvalue weighted by molar-refractivity contribution is -0.128. The largest absolute Gasteiger partial charge is 0.378 e. The van der Waals surface area contributed by atoms with Crippen molar-refractivity contribution in [2.24, 2.45) is 0 Å². The molecule has 0 aliphatic carbocycles. The Kier molecular flexibility index (Phi) is 4.57. The van der Waals surface area contributed by atoms with E-state index in [2.05, 4.69) is 5.32 Å². The smallest absolute Gasteiger partial charge is 0.244 e. The second kappa shape index (κ2) is 6.22. The second-order valence-electron chi connectivity index (χ2n) is 4.46. The Morgan fingerprint density at radius 1 is 1.52 bits per heavy atom. The number of likely N-dealkylation sites (N-methyl/N-ethyl adjacent to an activating group) is 1. The minimum atomic E-state index is -3.86. The number of rotatable bonds is 3. The highest BCUT2D eigenvalue weighted by Gasteiger charge is 2.37. The minimum absolute atomic E-state index is 0.00245. The zero-order chi connectivity index (χ0) is 15.5. The molecule has 1 atom stereocenters. The number of amides is 1. The number of hydrogen-bond donors (Lipinski definition) is 1. The van der Waals surface area contributed by atoms with Gasteiger partial charge in [-0.2, -0.15) is 9.57 Å². The van der Waals surface area contributed by atoms with Crippen molar-refractivity contribution in [2.45, 2.75) is 10.9 Å². The van der Waals surface area contributed by atoms with Crippen molar-refractivity contribution in [3.8, 4) is 6.07 Å². The van der Waals surface area contributed by atoms with E-state index in [1.165, 1.54) is 31.3 Å². The minimum Gasteiger partial charge on any atom is -0.378 e. The maximum Gasteiger partial charge on any atom is 0.244 e. The summed E-state index contributed by atoms with van der Waals surface area (Å²) >= 11 is 0. The maximum absolute atomic E-state index is 12.7. The summed E-state index contributed by atoms with van der Waals surface area (Å²) in [5.41, 5.74) is 0.251. The molecular formula is C13H15N3O4S. The summed E-state index contributed by atoms with van der Waals surface area (Å²) in [5.74, 6) is -0.422. The molecule has 21 heavy (non-hydrogen) atoms. The number of nitrogens with zero attached hydrogens (tertiary/aromatic N) is 2. The number of ether oxygens (including phenoxy) is 1. The summed E-state index contributed by atoms with van der Waals surface area (Å²) in [5, 5.41) is 11.3. The Labute approximate surface area is 123 Å². The molecule has 1 aromatic rings. The van der Waals surface area contributed by atoms with E-state index in [1.54, 1.807) is 0 Å². The molecule has 1 fully saturated rings. The van der Waals surface area contributed by atoms with Gasteiger partial charge in [0.1, 0.15) is 6.04 Å². The molecule has 0 saturated carbocycles. The average Bonchev–Trinajstić information content (AvgIpc) is 2.54. The van der Waals surface area contributed by atoms with Gasteiger partial charge in [0.05, 0.1) is 29.7 Å². The van der Waals surface area contributed by atoms with Crippen molar-refractivity contribution >= 4 is 15.9 Å². The normalized spacial score (nSPS) is 19.7. The number of nitriles is 1. The Morgan fingerprint density at radius 2 is 2.29 bits per heavy atom. The van der Waals surface area contributed by atoms with Crippen molar-refractivity contribution < 1.29 is 17.9 Å². The molecule has 112 valence electrons. The zero-order valence-corrected chi connectivity index (χ0v) is 12.3. The number of benzene rings is 1. The van der Waals surface area contributed by atoms with E-state index in [1.807, 2.05) is 6.07 Å². The molecule has 0 spiro atoms. The Hall–Kier alpha value is -1.95. The molecule has 2 rings (SSSR count). The summed E-state index contributed by atoms with van der Waals surface area (Å²) in [6.07, 6.45) is 0. The first kappa shape index (κ1) is 15.4. The Morgan fingerprint density at radius 3 is 2.95 bits per heavy atom. The third kappa shape index (κ3) is 3.05.